The summed E-state index contributed by atoms with van der Waals surface area (Å²) in [7, 11) is -3.62. The van der Waals surface area contributed by atoms with Crippen molar-refractivity contribution >= 4 is 27.6 Å². The monoisotopic (exact) mass is 462 g/mol. The normalized spacial score (nSPS) is 16.9. The molecule has 1 atom stereocenters. The highest BCUT2D eigenvalue weighted by Crippen LogP contribution is 2.32. The first-order valence-corrected chi connectivity index (χ1v) is 11.4. The smallest absolute Gasteiger partial charge is 0.339 e. The zero-order chi connectivity index (χ0) is 22.7. The van der Waals surface area contributed by atoms with E-state index in [1.54, 1.807) is 6.07 Å². The Morgan fingerprint density at radius 1 is 1.03 bits per heavy atom. The fourth-order valence-electron chi connectivity index (χ4n) is 3.20. The number of hydrogen-bond donors (Lipinski definition) is 1. The molecule has 4 rings (SSSR count). The quantitative estimate of drug-likeness (QED) is 0.643. The summed E-state index contributed by atoms with van der Waals surface area (Å²) >= 11 is 0. The molecule has 1 saturated heterocycles. The van der Waals surface area contributed by atoms with Crippen LogP contribution in [0.3, 0.4) is 0 Å². The average Bonchev–Trinajstić information content (AvgIpc) is 3.28. The summed E-state index contributed by atoms with van der Waals surface area (Å²) in [5, 5.41) is 2.61. The van der Waals surface area contributed by atoms with Crippen molar-refractivity contribution in [1.29, 1.82) is 0 Å². The summed E-state index contributed by atoms with van der Waals surface area (Å²) < 4.78 is 47.5. The van der Waals surface area contributed by atoms with Gasteiger partial charge < -0.3 is 24.3 Å². The Hall–Kier alpha value is -3.15. The van der Waals surface area contributed by atoms with Gasteiger partial charge in [-0.05, 0) is 49.4 Å². The summed E-state index contributed by atoms with van der Waals surface area (Å²) in [5.74, 6) is -0.268. The molecule has 2 aromatic rings. The highest BCUT2D eigenvalue weighted by molar-refractivity contribution is 7.89. The summed E-state index contributed by atoms with van der Waals surface area (Å²) in [6.45, 7) is 2.84. The summed E-state index contributed by atoms with van der Waals surface area (Å²) in [4.78, 5) is 24.9. The highest BCUT2D eigenvalue weighted by atomic mass is 32.2. The van der Waals surface area contributed by atoms with E-state index in [9.17, 15) is 18.0 Å². The maximum Gasteiger partial charge on any atom is 0.339 e. The van der Waals surface area contributed by atoms with Gasteiger partial charge in [-0.3, -0.25) is 4.79 Å². The van der Waals surface area contributed by atoms with Gasteiger partial charge in [-0.2, -0.15) is 4.31 Å². The molecular weight excluding hydrogens is 440 g/mol. The second-order valence-corrected chi connectivity index (χ2v) is 9.08. The molecule has 170 valence electrons. The molecule has 0 radical (unpaired) electrons. The minimum atomic E-state index is -3.62. The SMILES string of the molecule is CC(OC(=O)c1ccc2c(c1)OCO2)C(=O)Nc1ccc(S(=O)(=O)N2CCOCC2)cc1. The lowest BCUT2D eigenvalue weighted by atomic mass is 10.2. The van der Waals surface area contributed by atoms with Gasteiger partial charge in [0.1, 0.15) is 0 Å². The topological polar surface area (TPSA) is 120 Å². The van der Waals surface area contributed by atoms with E-state index in [2.05, 4.69) is 5.32 Å². The molecule has 1 fully saturated rings. The van der Waals surface area contributed by atoms with Crippen molar-refractivity contribution in [2.45, 2.75) is 17.9 Å². The van der Waals surface area contributed by atoms with Crippen molar-refractivity contribution < 1.29 is 37.0 Å². The molecule has 1 N–H and O–H groups in total. The summed E-state index contributed by atoms with van der Waals surface area (Å²) in [6.07, 6.45) is -1.08. The van der Waals surface area contributed by atoms with Gasteiger partial charge in [0.15, 0.2) is 17.6 Å². The van der Waals surface area contributed by atoms with E-state index < -0.39 is 28.0 Å². The van der Waals surface area contributed by atoms with Crippen molar-refractivity contribution in [2.24, 2.45) is 0 Å². The maximum absolute atomic E-state index is 12.7. The van der Waals surface area contributed by atoms with E-state index in [0.29, 0.717) is 43.5 Å². The van der Waals surface area contributed by atoms with Crippen LogP contribution in [-0.2, 0) is 24.3 Å². The number of fused-ring (bicyclic) bond motifs is 1. The van der Waals surface area contributed by atoms with Crippen LogP contribution in [0.25, 0.3) is 0 Å². The molecular formula is C21H22N2O8S. The van der Waals surface area contributed by atoms with Crippen LogP contribution in [0.15, 0.2) is 47.4 Å². The fourth-order valence-corrected chi connectivity index (χ4v) is 4.60. The number of hydrogen-bond acceptors (Lipinski definition) is 8. The fraction of sp³-hybridized carbons (Fsp3) is 0.333. The van der Waals surface area contributed by atoms with Crippen LogP contribution in [0.2, 0.25) is 0 Å². The molecule has 1 amide bonds. The molecule has 10 nitrogen and oxygen atoms in total. The number of anilines is 1. The van der Waals surface area contributed by atoms with Gasteiger partial charge in [0, 0.05) is 18.8 Å². The minimum absolute atomic E-state index is 0.0825. The van der Waals surface area contributed by atoms with Crippen molar-refractivity contribution in [2.75, 3.05) is 38.4 Å². The van der Waals surface area contributed by atoms with E-state index in [0.717, 1.165) is 0 Å². The number of amides is 1. The number of benzene rings is 2. The van der Waals surface area contributed by atoms with Gasteiger partial charge in [0.05, 0.1) is 23.7 Å². The average molecular weight is 462 g/mol. The molecule has 11 heteroatoms. The van der Waals surface area contributed by atoms with Gasteiger partial charge in [-0.1, -0.05) is 0 Å². The molecule has 32 heavy (non-hydrogen) atoms. The highest BCUT2D eigenvalue weighted by Gasteiger charge is 2.26. The second-order valence-electron chi connectivity index (χ2n) is 7.15. The number of carbonyl (C=O) groups is 2. The lowest BCUT2D eigenvalue weighted by Gasteiger charge is -2.26. The summed E-state index contributed by atoms with van der Waals surface area (Å²) in [5.41, 5.74) is 0.605. The van der Waals surface area contributed by atoms with Gasteiger partial charge in [-0.25, -0.2) is 13.2 Å². The number of ether oxygens (including phenoxy) is 4. The van der Waals surface area contributed by atoms with E-state index in [-0.39, 0.29) is 17.3 Å². The zero-order valence-corrected chi connectivity index (χ0v) is 18.1. The Kier molecular flexibility index (Phi) is 6.31. The largest absolute Gasteiger partial charge is 0.454 e. The molecule has 0 bridgehead atoms. The maximum atomic E-state index is 12.7. The van der Waals surface area contributed by atoms with Crippen LogP contribution in [0, 0.1) is 0 Å². The van der Waals surface area contributed by atoms with Crippen molar-refractivity contribution in [3.8, 4) is 11.5 Å². The van der Waals surface area contributed by atoms with Gasteiger partial charge in [0.25, 0.3) is 5.91 Å². The molecule has 0 spiro atoms. The Labute approximate surface area is 185 Å². The molecule has 2 aromatic carbocycles. The predicted octanol–water partition coefficient (Wildman–Crippen LogP) is 1.62. The lowest BCUT2D eigenvalue weighted by Crippen LogP contribution is -2.40. The zero-order valence-electron chi connectivity index (χ0n) is 17.3. The number of rotatable bonds is 6. The Morgan fingerprint density at radius 2 is 1.72 bits per heavy atom. The molecule has 2 heterocycles. The Morgan fingerprint density at radius 3 is 2.44 bits per heavy atom. The van der Waals surface area contributed by atoms with Gasteiger partial charge in [-0.15, -0.1) is 0 Å². The Bertz CT molecular complexity index is 1110. The van der Waals surface area contributed by atoms with E-state index in [4.69, 9.17) is 18.9 Å². The van der Waals surface area contributed by atoms with Crippen LogP contribution in [0.4, 0.5) is 5.69 Å². The van der Waals surface area contributed by atoms with Gasteiger partial charge in [0.2, 0.25) is 16.8 Å². The van der Waals surface area contributed by atoms with Crippen LogP contribution >= 0.6 is 0 Å². The van der Waals surface area contributed by atoms with Crippen LogP contribution in [0.5, 0.6) is 11.5 Å². The lowest BCUT2D eigenvalue weighted by molar-refractivity contribution is -0.123. The molecule has 0 aliphatic carbocycles. The molecule has 1 unspecified atom stereocenters. The van der Waals surface area contributed by atoms with Crippen LogP contribution in [-0.4, -0.2) is 63.8 Å². The summed E-state index contributed by atoms with van der Waals surface area (Å²) in [6, 6.07) is 10.4. The molecule has 2 aliphatic rings. The third kappa shape index (κ3) is 4.69. The predicted molar refractivity (Wildman–Crippen MR) is 112 cm³/mol. The van der Waals surface area contributed by atoms with Crippen molar-refractivity contribution in [3.63, 3.8) is 0 Å². The van der Waals surface area contributed by atoms with Crippen LogP contribution < -0.4 is 14.8 Å². The third-order valence-electron chi connectivity index (χ3n) is 4.99. The number of sulfonamides is 1. The van der Waals surface area contributed by atoms with E-state index in [1.807, 2.05) is 0 Å². The standard InChI is InChI=1S/C21H22N2O8S/c1-14(31-21(25)15-2-7-18-19(12-15)30-13-29-18)20(24)22-16-3-5-17(6-4-16)32(26,27)23-8-10-28-11-9-23/h2-7,12,14H,8-11,13H2,1H3,(H,22,24). The number of carbonyl (C=O) groups excluding carboxylic acids is 2. The molecule has 0 saturated carbocycles. The van der Waals surface area contributed by atoms with E-state index >= 15 is 0 Å². The number of morpholine rings is 1. The molecule has 0 aromatic heterocycles. The van der Waals surface area contributed by atoms with E-state index in [1.165, 1.54) is 47.6 Å². The Balaban J connectivity index is 1.35. The second kappa shape index (κ2) is 9.15. The number of nitrogens with zero attached hydrogens (tertiary/aromatic N) is 1. The number of esters is 1. The van der Waals surface area contributed by atoms with Crippen molar-refractivity contribution in [1.82, 2.24) is 4.31 Å². The van der Waals surface area contributed by atoms with Crippen molar-refractivity contribution in [3.05, 3.63) is 48.0 Å². The van der Waals surface area contributed by atoms with Crippen LogP contribution in [0.1, 0.15) is 17.3 Å². The first-order valence-electron chi connectivity index (χ1n) is 9.94. The minimum Gasteiger partial charge on any atom is -0.454 e. The first-order chi connectivity index (χ1) is 15.3. The molecule has 2 aliphatic heterocycles. The third-order valence-corrected chi connectivity index (χ3v) is 6.90. The first kappa shape index (κ1) is 22.1. The van der Waals surface area contributed by atoms with Gasteiger partial charge >= 0.3 is 5.97 Å². The number of nitrogens with one attached hydrogen (secondary N) is 1.